The molecule has 126 valence electrons. The number of hydrogen-bond acceptors (Lipinski definition) is 3. The fourth-order valence-electron chi connectivity index (χ4n) is 2.76. The van der Waals surface area contributed by atoms with Gasteiger partial charge in [0.05, 0.1) is 6.54 Å². The predicted octanol–water partition coefficient (Wildman–Crippen LogP) is 3.25. The summed E-state index contributed by atoms with van der Waals surface area (Å²) in [6.07, 6.45) is 0.904. The van der Waals surface area contributed by atoms with Gasteiger partial charge in [0.1, 0.15) is 0 Å². The SMILES string of the molecule is Cc1ccsc1CN(C)C(=O)c1cccc(N2CCCNC2=O)c1. The minimum atomic E-state index is -0.103. The molecule has 1 N–H and O–H groups in total. The lowest BCUT2D eigenvalue weighted by Gasteiger charge is -2.28. The number of benzene rings is 1. The van der Waals surface area contributed by atoms with Gasteiger partial charge >= 0.3 is 6.03 Å². The number of hydrogen-bond donors (Lipinski definition) is 1. The molecule has 1 aliphatic heterocycles. The highest BCUT2D eigenvalue weighted by Crippen LogP contribution is 2.21. The maximum atomic E-state index is 12.7. The summed E-state index contributed by atoms with van der Waals surface area (Å²) in [7, 11) is 1.81. The lowest BCUT2D eigenvalue weighted by atomic mass is 10.1. The van der Waals surface area contributed by atoms with Crippen molar-refractivity contribution in [3.05, 3.63) is 51.7 Å². The van der Waals surface area contributed by atoms with Crippen molar-refractivity contribution in [2.75, 3.05) is 25.0 Å². The van der Waals surface area contributed by atoms with E-state index in [1.165, 1.54) is 10.4 Å². The fraction of sp³-hybridized carbons (Fsp3) is 0.333. The average molecular weight is 343 g/mol. The molecular formula is C18H21N3O2S. The molecular weight excluding hydrogens is 322 g/mol. The Morgan fingerprint density at radius 2 is 2.21 bits per heavy atom. The van der Waals surface area contributed by atoms with Crippen molar-refractivity contribution in [3.63, 3.8) is 0 Å². The molecule has 2 heterocycles. The van der Waals surface area contributed by atoms with Crippen molar-refractivity contribution in [1.82, 2.24) is 10.2 Å². The highest BCUT2D eigenvalue weighted by molar-refractivity contribution is 7.10. The molecule has 1 saturated heterocycles. The summed E-state index contributed by atoms with van der Waals surface area (Å²) in [5.41, 5.74) is 2.57. The standard InChI is InChI=1S/C18H21N3O2S/c1-13-7-10-24-16(13)12-20(2)17(22)14-5-3-6-15(11-14)21-9-4-8-19-18(21)23/h3,5-7,10-11H,4,8-9,12H2,1-2H3,(H,19,23). The third kappa shape index (κ3) is 3.43. The molecule has 0 atom stereocenters. The van der Waals surface area contributed by atoms with Crippen LogP contribution in [0, 0.1) is 6.92 Å². The van der Waals surface area contributed by atoms with Crippen LogP contribution in [-0.4, -0.2) is 37.0 Å². The van der Waals surface area contributed by atoms with E-state index in [-0.39, 0.29) is 11.9 Å². The Balaban J connectivity index is 1.76. The number of nitrogens with one attached hydrogen (secondary N) is 1. The van der Waals surface area contributed by atoms with Gasteiger partial charge in [0.25, 0.3) is 5.91 Å². The molecule has 0 spiro atoms. The number of amides is 3. The summed E-state index contributed by atoms with van der Waals surface area (Å²) < 4.78 is 0. The largest absolute Gasteiger partial charge is 0.338 e. The summed E-state index contributed by atoms with van der Waals surface area (Å²) in [4.78, 5) is 29.3. The molecule has 3 rings (SSSR count). The lowest BCUT2D eigenvalue weighted by molar-refractivity contribution is 0.0786. The minimum Gasteiger partial charge on any atom is -0.338 e. The molecule has 1 aliphatic rings. The molecule has 1 fully saturated rings. The van der Waals surface area contributed by atoms with Crippen LogP contribution < -0.4 is 10.2 Å². The van der Waals surface area contributed by atoms with Crippen LogP contribution in [-0.2, 0) is 6.54 Å². The Morgan fingerprint density at radius 1 is 1.38 bits per heavy atom. The molecule has 0 aliphatic carbocycles. The van der Waals surface area contributed by atoms with Gasteiger partial charge in [0.15, 0.2) is 0 Å². The summed E-state index contributed by atoms with van der Waals surface area (Å²) in [6.45, 7) is 4.03. The van der Waals surface area contributed by atoms with Crippen molar-refractivity contribution in [3.8, 4) is 0 Å². The van der Waals surface area contributed by atoms with Crippen molar-refractivity contribution in [1.29, 1.82) is 0 Å². The van der Waals surface area contributed by atoms with Gasteiger partial charge in [-0.05, 0) is 48.6 Å². The van der Waals surface area contributed by atoms with Gasteiger partial charge < -0.3 is 10.2 Å². The minimum absolute atomic E-state index is 0.0398. The smallest absolute Gasteiger partial charge is 0.321 e. The van der Waals surface area contributed by atoms with Crippen molar-refractivity contribution >= 4 is 29.0 Å². The third-order valence-electron chi connectivity index (χ3n) is 4.18. The molecule has 0 bridgehead atoms. The molecule has 1 aromatic carbocycles. The second kappa shape index (κ2) is 7.05. The van der Waals surface area contributed by atoms with Crippen LogP contribution in [0.1, 0.15) is 27.2 Å². The Kier molecular flexibility index (Phi) is 4.85. The van der Waals surface area contributed by atoms with E-state index in [1.54, 1.807) is 33.3 Å². The zero-order chi connectivity index (χ0) is 17.1. The summed E-state index contributed by atoms with van der Waals surface area (Å²) in [5.74, 6) is -0.0398. The average Bonchev–Trinajstić information content (AvgIpc) is 2.99. The number of urea groups is 1. The number of thiophene rings is 1. The van der Waals surface area contributed by atoms with E-state index in [9.17, 15) is 9.59 Å². The zero-order valence-electron chi connectivity index (χ0n) is 13.9. The lowest BCUT2D eigenvalue weighted by Crippen LogP contribution is -2.46. The molecule has 6 heteroatoms. The number of nitrogens with zero attached hydrogens (tertiary/aromatic N) is 2. The molecule has 1 aromatic heterocycles. The van der Waals surface area contributed by atoms with E-state index >= 15 is 0 Å². The van der Waals surface area contributed by atoms with Gasteiger partial charge in [-0.25, -0.2) is 4.79 Å². The highest BCUT2D eigenvalue weighted by atomic mass is 32.1. The number of rotatable bonds is 4. The number of anilines is 1. The van der Waals surface area contributed by atoms with Crippen LogP contribution in [0.25, 0.3) is 0 Å². The second-order valence-corrected chi connectivity index (χ2v) is 6.98. The van der Waals surface area contributed by atoms with E-state index in [0.29, 0.717) is 25.2 Å². The molecule has 0 saturated carbocycles. The Hall–Kier alpha value is -2.34. The predicted molar refractivity (Wildman–Crippen MR) is 96.7 cm³/mol. The van der Waals surface area contributed by atoms with Crippen LogP contribution in [0.2, 0.25) is 0 Å². The molecule has 0 radical (unpaired) electrons. The first kappa shape index (κ1) is 16.5. The van der Waals surface area contributed by atoms with E-state index in [4.69, 9.17) is 0 Å². The number of carbonyl (C=O) groups is 2. The van der Waals surface area contributed by atoms with E-state index in [1.807, 2.05) is 24.6 Å². The first-order valence-electron chi connectivity index (χ1n) is 8.00. The summed E-state index contributed by atoms with van der Waals surface area (Å²) in [5, 5.41) is 4.87. The monoisotopic (exact) mass is 343 g/mol. The maximum absolute atomic E-state index is 12.7. The third-order valence-corrected chi connectivity index (χ3v) is 5.19. The molecule has 3 amide bonds. The number of carbonyl (C=O) groups excluding carboxylic acids is 2. The quantitative estimate of drug-likeness (QED) is 0.926. The second-order valence-electron chi connectivity index (χ2n) is 5.98. The molecule has 2 aromatic rings. The van der Waals surface area contributed by atoms with Gasteiger partial charge in [-0.3, -0.25) is 9.69 Å². The van der Waals surface area contributed by atoms with Gasteiger partial charge in [0, 0.05) is 36.3 Å². The summed E-state index contributed by atoms with van der Waals surface area (Å²) in [6, 6.07) is 9.25. The topological polar surface area (TPSA) is 52.7 Å². The zero-order valence-corrected chi connectivity index (χ0v) is 14.7. The first-order valence-corrected chi connectivity index (χ1v) is 8.88. The molecule has 5 nitrogen and oxygen atoms in total. The van der Waals surface area contributed by atoms with Gasteiger partial charge in [-0.15, -0.1) is 11.3 Å². The fourth-order valence-corrected chi connectivity index (χ4v) is 3.71. The Labute approximate surface area is 145 Å². The normalized spacial score (nSPS) is 14.4. The van der Waals surface area contributed by atoms with E-state index in [2.05, 4.69) is 18.3 Å². The van der Waals surface area contributed by atoms with Crippen LogP contribution in [0.3, 0.4) is 0 Å². The first-order chi connectivity index (χ1) is 11.6. The van der Waals surface area contributed by atoms with Gasteiger partial charge in [-0.1, -0.05) is 6.07 Å². The van der Waals surface area contributed by atoms with Crippen LogP contribution in [0.15, 0.2) is 35.7 Å². The van der Waals surface area contributed by atoms with Crippen LogP contribution in [0.5, 0.6) is 0 Å². The van der Waals surface area contributed by atoms with Gasteiger partial charge in [-0.2, -0.15) is 0 Å². The summed E-state index contributed by atoms with van der Waals surface area (Å²) >= 11 is 1.66. The Bertz CT molecular complexity index is 756. The van der Waals surface area contributed by atoms with Gasteiger partial charge in [0.2, 0.25) is 0 Å². The molecule has 0 unspecified atom stereocenters. The highest BCUT2D eigenvalue weighted by Gasteiger charge is 2.21. The van der Waals surface area contributed by atoms with Crippen molar-refractivity contribution in [2.45, 2.75) is 19.9 Å². The maximum Gasteiger partial charge on any atom is 0.321 e. The van der Waals surface area contributed by atoms with E-state index < -0.39 is 0 Å². The Morgan fingerprint density at radius 3 is 2.92 bits per heavy atom. The van der Waals surface area contributed by atoms with Crippen LogP contribution in [0.4, 0.5) is 10.5 Å². The van der Waals surface area contributed by atoms with E-state index in [0.717, 1.165) is 12.1 Å². The van der Waals surface area contributed by atoms with Crippen molar-refractivity contribution < 1.29 is 9.59 Å². The number of aryl methyl sites for hydroxylation is 1. The van der Waals surface area contributed by atoms with Crippen LogP contribution >= 0.6 is 11.3 Å². The van der Waals surface area contributed by atoms with Crippen molar-refractivity contribution in [2.24, 2.45) is 0 Å². The molecule has 24 heavy (non-hydrogen) atoms.